The second kappa shape index (κ2) is 14.1. The number of methoxy groups -OCH3 is 1. The molecule has 1 aliphatic carbocycles. The predicted molar refractivity (Wildman–Crippen MR) is 129 cm³/mol. The Morgan fingerprint density at radius 3 is 2.70 bits per heavy atom. The summed E-state index contributed by atoms with van der Waals surface area (Å²) in [6, 6.07) is 4.74. The van der Waals surface area contributed by atoms with Crippen molar-refractivity contribution >= 4 is 17.4 Å². The summed E-state index contributed by atoms with van der Waals surface area (Å²) >= 11 is 6.62. The van der Waals surface area contributed by atoms with Crippen molar-refractivity contribution in [3.05, 3.63) is 69.7 Å². The lowest BCUT2D eigenvalue weighted by Crippen LogP contribution is -2.29. The van der Waals surface area contributed by atoms with E-state index in [9.17, 15) is 8.78 Å². The standard InChI is InChI=1S/C25H34ClF2N3O2/c1-3-8-18-10-11-19(15-21(18)27)25(29)31(20-12-13-23(33-2)22(28)16-20)24(26)9-6-4-5-7-14-30-17-32/h9-11,15-16,29-30,32H,3-8,12-14,17H2,1-2H3/b24-9+,29-25?. The van der Waals surface area contributed by atoms with Gasteiger partial charge in [0.2, 0.25) is 0 Å². The summed E-state index contributed by atoms with van der Waals surface area (Å²) < 4.78 is 34.1. The van der Waals surface area contributed by atoms with E-state index in [0.717, 1.165) is 32.2 Å². The molecule has 2 rings (SSSR count). The van der Waals surface area contributed by atoms with Gasteiger partial charge in [0.1, 0.15) is 22.6 Å². The van der Waals surface area contributed by atoms with Crippen LogP contribution in [0, 0.1) is 11.2 Å². The molecule has 0 unspecified atom stereocenters. The molecule has 33 heavy (non-hydrogen) atoms. The monoisotopic (exact) mass is 481 g/mol. The zero-order valence-corrected chi connectivity index (χ0v) is 20.2. The second-order valence-corrected chi connectivity index (χ2v) is 8.27. The van der Waals surface area contributed by atoms with Crippen molar-refractivity contribution in [2.75, 3.05) is 20.4 Å². The molecule has 0 saturated carbocycles. The second-order valence-electron chi connectivity index (χ2n) is 7.89. The van der Waals surface area contributed by atoms with Gasteiger partial charge in [0.15, 0.2) is 5.83 Å². The molecule has 0 aromatic heterocycles. The number of benzene rings is 1. The fourth-order valence-corrected chi connectivity index (χ4v) is 3.98. The summed E-state index contributed by atoms with van der Waals surface area (Å²) in [7, 11) is 1.43. The molecule has 182 valence electrons. The molecule has 8 heteroatoms. The maximum Gasteiger partial charge on any atom is 0.162 e. The lowest BCUT2D eigenvalue weighted by atomic mass is 10.0. The molecule has 5 nitrogen and oxygen atoms in total. The Hall–Kier alpha value is -2.22. The summed E-state index contributed by atoms with van der Waals surface area (Å²) in [6.07, 6.45) is 8.81. The predicted octanol–water partition coefficient (Wildman–Crippen LogP) is 6.09. The summed E-state index contributed by atoms with van der Waals surface area (Å²) in [5, 5.41) is 20.7. The van der Waals surface area contributed by atoms with E-state index in [1.165, 1.54) is 24.2 Å². The number of aliphatic hydroxyl groups excluding tert-OH is 1. The number of ether oxygens (including phenoxy) is 1. The fourth-order valence-electron chi connectivity index (χ4n) is 3.68. The number of allylic oxidation sites excluding steroid dienone is 5. The quantitative estimate of drug-likeness (QED) is 0.105. The first kappa shape index (κ1) is 27.0. The number of hydrogen-bond acceptors (Lipinski definition) is 4. The smallest absolute Gasteiger partial charge is 0.162 e. The molecule has 1 aliphatic rings. The SMILES string of the molecule is CCCc1ccc(C(=N)N(C2=CC(F)=C(OC)CC2)/C(Cl)=C/CCCCCNCO)cc1F. The van der Waals surface area contributed by atoms with Crippen molar-refractivity contribution in [1.29, 1.82) is 5.41 Å². The molecule has 0 fully saturated rings. The van der Waals surface area contributed by atoms with Gasteiger partial charge in [-0.2, -0.15) is 0 Å². The highest BCUT2D eigenvalue weighted by Gasteiger charge is 2.25. The highest BCUT2D eigenvalue weighted by atomic mass is 35.5. The zero-order chi connectivity index (χ0) is 24.2. The van der Waals surface area contributed by atoms with E-state index in [1.54, 1.807) is 12.1 Å². The molecule has 3 N–H and O–H groups in total. The van der Waals surface area contributed by atoms with Crippen molar-refractivity contribution < 1.29 is 18.6 Å². The van der Waals surface area contributed by atoms with Crippen LogP contribution in [0.1, 0.15) is 63.0 Å². The zero-order valence-electron chi connectivity index (χ0n) is 19.4. The van der Waals surface area contributed by atoms with Gasteiger partial charge in [0.05, 0.1) is 13.8 Å². The van der Waals surface area contributed by atoms with Gasteiger partial charge in [-0.05, 0) is 62.4 Å². The number of aryl methyl sites for hydroxylation is 1. The number of hydrogen-bond donors (Lipinski definition) is 3. The summed E-state index contributed by atoms with van der Waals surface area (Å²) in [5.74, 6) is -0.607. The molecule has 0 amide bonds. The first-order valence-corrected chi connectivity index (χ1v) is 11.8. The Labute approximate surface area is 200 Å². The Kier molecular flexibility index (Phi) is 11.6. The molecular formula is C25H34ClF2N3O2. The number of rotatable bonds is 13. The van der Waals surface area contributed by atoms with Gasteiger partial charge in [-0.1, -0.05) is 43.5 Å². The molecule has 0 heterocycles. The first-order valence-electron chi connectivity index (χ1n) is 11.4. The minimum Gasteiger partial charge on any atom is -0.498 e. The lowest BCUT2D eigenvalue weighted by molar-refractivity contribution is 0.258. The minimum atomic E-state index is -0.498. The van der Waals surface area contributed by atoms with E-state index in [0.29, 0.717) is 42.5 Å². The van der Waals surface area contributed by atoms with Crippen molar-refractivity contribution in [3.8, 4) is 0 Å². The van der Waals surface area contributed by atoms with Crippen molar-refractivity contribution in [2.45, 2.75) is 58.3 Å². The van der Waals surface area contributed by atoms with Crippen LogP contribution in [-0.4, -0.2) is 36.2 Å². The van der Waals surface area contributed by atoms with Crippen LogP contribution in [0.5, 0.6) is 0 Å². The molecule has 1 aromatic rings. The van der Waals surface area contributed by atoms with Gasteiger partial charge in [0.25, 0.3) is 0 Å². The van der Waals surface area contributed by atoms with Crippen molar-refractivity contribution in [3.63, 3.8) is 0 Å². The molecular weight excluding hydrogens is 448 g/mol. The number of amidine groups is 1. The molecule has 0 radical (unpaired) electrons. The summed E-state index contributed by atoms with van der Waals surface area (Å²) in [4.78, 5) is 1.48. The van der Waals surface area contributed by atoms with Gasteiger partial charge in [-0.25, -0.2) is 8.78 Å². The Bertz CT molecular complexity index is 900. The average Bonchev–Trinajstić information content (AvgIpc) is 2.80. The average molecular weight is 482 g/mol. The minimum absolute atomic E-state index is 0.00902. The number of unbranched alkanes of at least 4 members (excludes halogenated alkanes) is 3. The van der Waals surface area contributed by atoms with Crippen LogP contribution < -0.4 is 5.32 Å². The highest BCUT2D eigenvalue weighted by molar-refractivity contribution is 6.31. The molecule has 0 saturated heterocycles. The van der Waals surface area contributed by atoms with Gasteiger partial charge < -0.3 is 9.84 Å². The van der Waals surface area contributed by atoms with E-state index in [1.807, 2.05) is 13.0 Å². The molecule has 0 atom stereocenters. The van der Waals surface area contributed by atoms with Crippen LogP contribution in [-0.2, 0) is 11.2 Å². The van der Waals surface area contributed by atoms with Gasteiger partial charge in [-0.15, -0.1) is 0 Å². The number of nitrogens with zero attached hydrogens (tertiary/aromatic N) is 1. The lowest BCUT2D eigenvalue weighted by Gasteiger charge is -2.29. The molecule has 0 spiro atoms. The van der Waals surface area contributed by atoms with Gasteiger partial charge in [0, 0.05) is 17.7 Å². The first-order chi connectivity index (χ1) is 15.9. The van der Waals surface area contributed by atoms with Crippen molar-refractivity contribution in [2.24, 2.45) is 0 Å². The Morgan fingerprint density at radius 1 is 1.27 bits per heavy atom. The summed E-state index contributed by atoms with van der Waals surface area (Å²) in [6.45, 7) is 2.69. The molecule has 1 aromatic carbocycles. The van der Waals surface area contributed by atoms with E-state index in [2.05, 4.69) is 5.32 Å². The number of nitrogens with one attached hydrogen (secondary N) is 2. The van der Waals surface area contributed by atoms with Crippen LogP contribution in [0.2, 0.25) is 0 Å². The van der Waals surface area contributed by atoms with E-state index in [-0.39, 0.29) is 29.3 Å². The van der Waals surface area contributed by atoms with E-state index in [4.69, 9.17) is 26.9 Å². The summed E-state index contributed by atoms with van der Waals surface area (Å²) in [5.41, 5.74) is 1.50. The number of aliphatic hydroxyl groups is 1. The maximum atomic E-state index is 14.6. The molecule has 0 bridgehead atoms. The van der Waals surface area contributed by atoms with Crippen LogP contribution >= 0.6 is 11.6 Å². The topological polar surface area (TPSA) is 68.6 Å². The van der Waals surface area contributed by atoms with Gasteiger partial charge in [-0.3, -0.25) is 15.6 Å². The van der Waals surface area contributed by atoms with Crippen LogP contribution in [0.25, 0.3) is 0 Å². The number of halogens is 3. The molecule has 0 aliphatic heterocycles. The van der Waals surface area contributed by atoms with E-state index >= 15 is 0 Å². The Balaban J connectivity index is 2.26. The van der Waals surface area contributed by atoms with Crippen LogP contribution in [0.4, 0.5) is 8.78 Å². The van der Waals surface area contributed by atoms with Crippen LogP contribution in [0.3, 0.4) is 0 Å². The van der Waals surface area contributed by atoms with Crippen LogP contribution in [0.15, 0.2) is 52.8 Å². The van der Waals surface area contributed by atoms with E-state index < -0.39 is 5.83 Å². The third-order valence-corrected chi connectivity index (χ3v) is 5.79. The highest BCUT2D eigenvalue weighted by Crippen LogP contribution is 2.32. The van der Waals surface area contributed by atoms with Crippen molar-refractivity contribution in [1.82, 2.24) is 10.2 Å². The normalized spacial score (nSPS) is 14.4. The third-order valence-electron chi connectivity index (χ3n) is 5.47. The Morgan fingerprint density at radius 2 is 2.06 bits per heavy atom. The third kappa shape index (κ3) is 7.95. The van der Waals surface area contributed by atoms with Gasteiger partial charge >= 0.3 is 0 Å². The largest absolute Gasteiger partial charge is 0.498 e. The maximum absolute atomic E-state index is 14.6. The fraction of sp³-hybridized carbons (Fsp3) is 0.480.